The van der Waals surface area contributed by atoms with E-state index in [1.165, 1.54) is 7.11 Å². The first-order valence-corrected chi connectivity index (χ1v) is 6.03. The number of carbonyl (C=O) groups is 2. The third kappa shape index (κ3) is 3.40. The molecule has 0 amide bonds. The van der Waals surface area contributed by atoms with Crippen LogP contribution in [0, 0.1) is 0 Å². The highest BCUT2D eigenvalue weighted by molar-refractivity contribution is 9.10. The number of ether oxygens (including phenoxy) is 1. The minimum absolute atomic E-state index is 0.212. The van der Waals surface area contributed by atoms with Gasteiger partial charge in [0.1, 0.15) is 5.92 Å². The van der Waals surface area contributed by atoms with E-state index in [2.05, 4.69) is 15.9 Å². The molecular weight excluding hydrogens is 284 g/mol. The van der Waals surface area contributed by atoms with Gasteiger partial charge < -0.3 is 4.74 Å². The molecule has 1 atom stereocenters. The lowest BCUT2D eigenvalue weighted by atomic mass is 9.89. The monoisotopic (exact) mass is 298 g/mol. The van der Waals surface area contributed by atoms with Gasteiger partial charge in [0.15, 0.2) is 5.78 Å². The highest BCUT2D eigenvalue weighted by Gasteiger charge is 2.37. The first-order chi connectivity index (χ1) is 7.88. The number of carbonyl (C=O) groups excluding carboxylic acids is 2. The van der Waals surface area contributed by atoms with E-state index in [1.807, 2.05) is 6.07 Å². The van der Waals surface area contributed by atoms with E-state index in [4.69, 9.17) is 4.74 Å². The quantitative estimate of drug-likeness (QED) is 0.488. The van der Waals surface area contributed by atoms with Crippen molar-refractivity contribution in [3.8, 4) is 0 Å². The Hall–Kier alpha value is -1.16. The molecule has 0 radical (unpaired) electrons. The number of hydrogen-bond donors (Lipinski definition) is 0. The van der Waals surface area contributed by atoms with Crippen LogP contribution in [-0.4, -0.2) is 23.2 Å². The zero-order chi connectivity index (χ0) is 13.1. The molecule has 0 bridgehead atoms. The van der Waals surface area contributed by atoms with Gasteiger partial charge in [0.2, 0.25) is 0 Å². The molecule has 4 heteroatoms. The minimum atomic E-state index is -0.879. The molecule has 0 spiro atoms. The molecule has 0 heterocycles. The lowest BCUT2D eigenvalue weighted by molar-refractivity contribution is -0.146. The first kappa shape index (κ1) is 13.9. The Kier molecular flexibility index (Phi) is 4.46. The summed E-state index contributed by atoms with van der Waals surface area (Å²) in [6.07, 6.45) is 0. The van der Waals surface area contributed by atoms with E-state index in [1.54, 1.807) is 38.1 Å². The molecule has 0 aliphatic rings. The van der Waals surface area contributed by atoms with Crippen LogP contribution in [0.5, 0.6) is 0 Å². The fourth-order valence-electron chi connectivity index (χ4n) is 1.50. The maximum absolute atomic E-state index is 12.2. The van der Waals surface area contributed by atoms with Crippen LogP contribution in [0.25, 0.3) is 0 Å². The number of Topliss-reactive ketones (excluding diaryl/α,β-unsaturated/α-hetero) is 1. The zero-order valence-electron chi connectivity index (χ0n) is 10.1. The SMILES string of the molecule is COC(=O)C(C(=O)C(C)(C)Br)c1ccccc1. The third-order valence-corrected chi connectivity index (χ3v) is 2.81. The van der Waals surface area contributed by atoms with Crippen molar-refractivity contribution in [1.29, 1.82) is 0 Å². The Morgan fingerprint density at radius 2 is 1.76 bits per heavy atom. The van der Waals surface area contributed by atoms with E-state index in [9.17, 15) is 9.59 Å². The van der Waals surface area contributed by atoms with Crippen LogP contribution in [0.3, 0.4) is 0 Å². The van der Waals surface area contributed by atoms with E-state index >= 15 is 0 Å². The number of halogens is 1. The van der Waals surface area contributed by atoms with Gasteiger partial charge in [0.25, 0.3) is 0 Å². The van der Waals surface area contributed by atoms with E-state index in [-0.39, 0.29) is 5.78 Å². The summed E-state index contributed by atoms with van der Waals surface area (Å²) in [6.45, 7) is 3.43. The second kappa shape index (κ2) is 5.45. The number of rotatable bonds is 4. The molecule has 1 rings (SSSR count). The molecule has 1 aromatic rings. The van der Waals surface area contributed by atoms with Crippen LogP contribution in [0.15, 0.2) is 30.3 Å². The van der Waals surface area contributed by atoms with Crippen LogP contribution in [0.1, 0.15) is 25.3 Å². The number of esters is 1. The third-order valence-electron chi connectivity index (χ3n) is 2.42. The summed E-state index contributed by atoms with van der Waals surface area (Å²) in [5, 5.41) is 0. The van der Waals surface area contributed by atoms with Gasteiger partial charge in [-0.2, -0.15) is 0 Å². The summed E-state index contributed by atoms with van der Waals surface area (Å²) >= 11 is 3.28. The Bertz CT molecular complexity index is 406. The van der Waals surface area contributed by atoms with Crippen molar-refractivity contribution in [3.05, 3.63) is 35.9 Å². The van der Waals surface area contributed by atoms with Gasteiger partial charge in [-0.3, -0.25) is 9.59 Å². The second-order valence-corrected chi connectivity index (χ2v) is 6.19. The van der Waals surface area contributed by atoms with Crippen LogP contribution >= 0.6 is 15.9 Å². The van der Waals surface area contributed by atoms with Gasteiger partial charge in [0, 0.05) is 0 Å². The smallest absolute Gasteiger partial charge is 0.320 e. The standard InChI is InChI=1S/C13H15BrO3/c1-13(2,14)11(15)10(12(16)17-3)9-7-5-4-6-8-9/h4-8,10H,1-3H3. The normalized spacial score (nSPS) is 12.9. The molecule has 3 nitrogen and oxygen atoms in total. The van der Waals surface area contributed by atoms with Gasteiger partial charge in [-0.25, -0.2) is 0 Å². The molecule has 0 fully saturated rings. The van der Waals surface area contributed by atoms with Crippen molar-refractivity contribution < 1.29 is 14.3 Å². The van der Waals surface area contributed by atoms with Gasteiger partial charge in [-0.1, -0.05) is 46.3 Å². The molecule has 0 N–H and O–H groups in total. The van der Waals surface area contributed by atoms with Crippen LogP contribution in [-0.2, 0) is 14.3 Å². The molecule has 0 aromatic heterocycles. The molecule has 92 valence electrons. The highest BCUT2D eigenvalue weighted by Crippen LogP contribution is 2.28. The van der Waals surface area contributed by atoms with E-state index in [0.717, 1.165) is 0 Å². The number of benzene rings is 1. The van der Waals surface area contributed by atoms with Crippen molar-refractivity contribution in [2.45, 2.75) is 24.1 Å². The fourth-order valence-corrected chi connectivity index (χ4v) is 1.73. The van der Waals surface area contributed by atoms with Gasteiger partial charge >= 0.3 is 5.97 Å². The Labute approximate surface area is 109 Å². The number of hydrogen-bond acceptors (Lipinski definition) is 3. The molecule has 0 aliphatic carbocycles. The van der Waals surface area contributed by atoms with Crippen molar-refractivity contribution in [2.24, 2.45) is 0 Å². The van der Waals surface area contributed by atoms with E-state index < -0.39 is 16.2 Å². The maximum atomic E-state index is 12.2. The van der Waals surface area contributed by atoms with E-state index in [0.29, 0.717) is 5.56 Å². The molecule has 0 aliphatic heterocycles. The topological polar surface area (TPSA) is 43.4 Å². The predicted molar refractivity (Wildman–Crippen MR) is 69.2 cm³/mol. The summed E-state index contributed by atoms with van der Waals surface area (Å²) in [6, 6.07) is 8.91. The van der Waals surface area contributed by atoms with Crippen molar-refractivity contribution >= 4 is 27.7 Å². The Morgan fingerprint density at radius 1 is 1.24 bits per heavy atom. The van der Waals surface area contributed by atoms with Crippen LogP contribution in [0.2, 0.25) is 0 Å². The summed E-state index contributed by atoms with van der Waals surface area (Å²) in [5.41, 5.74) is 0.650. The summed E-state index contributed by atoms with van der Waals surface area (Å²) in [7, 11) is 1.28. The number of methoxy groups -OCH3 is 1. The molecule has 1 aromatic carbocycles. The average Bonchev–Trinajstić information content (AvgIpc) is 2.29. The number of alkyl halides is 1. The summed E-state index contributed by atoms with van der Waals surface area (Å²) in [4.78, 5) is 24.0. The fraction of sp³-hybridized carbons (Fsp3) is 0.385. The van der Waals surface area contributed by atoms with Crippen molar-refractivity contribution in [3.63, 3.8) is 0 Å². The predicted octanol–water partition coefficient (Wildman–Crippen LogP) is 2.69. The molecular formula is C13H15BrO3. The zero-order valence-corrected chi connectivity index (χ0v) is 11.7. The number of ketones is 1. The van der Waals surface area contributed by atoms with Crippen LogP contribution < -0.4 is 0 Å². The molecule has 17 heavy (non-hydrogen) atoms. The molecule has 1 unspecified atom stereocenters. The molecule has 0 saturated heterocycles. The molecule has 0 saturated carbocycles. The largest absolute Gasteiger partial charge is 0.468 e. The lowest BCUT2D eigenvalue weighted by Crippen LogP contribution is -2.35. The average molecular weight is 299 g/mol. The van der Waals surface area contributed by atoms with Gasteiger partial charge in [-0.05, 0) is 19.4 Å². The maximum Gasteiger partial charge on any atom is 0.320 e. The van der Waals surface area contributed by atoms with Crippen LogP contribution in [0.4, 0.5) is 0 Å². The second-order valence-electron chi connectivity index (χ2n) is 4.20. The highest BCUT2D eigenvalue weighted by atomic mass is 79.9. The van der Waals surface area contributed by atoms with Gasteiger partial charge in [-0.15, -0.1) is 0 Å². The van der Waals surface area contributed by atoms with Crippen molar-refractivity contribution in [1.82, 2.24) is 0 Å². The van der Waals surface area contributed by atoms with Crippen molar-refractivity contribution in [2.75, 3.05) is 7.11 Å². The first-order valence-electron chi connectivity index (χ1n) is 5.24. The Balaban J connectivity index is 3.15. The lowest BCUT2D eigenvalue weighted by Gasteiger charge is -2.21. The summed E-state index contributed by atoms with van der Waals surface area (Å²) < 4.78 is 3.94. The van der Waals surface area contributed by atoms with Gasteiger partial charge in [0.05, 0.1) is 11.4 Å². The summed E-state index contributed by atoms with van der Waals surface area (Å²) in [5.74, 6) is -1.63. The Morgan fingerprint density at radius 3 is 2.18 bits per heavy atom. The minimum Gasteiger partial charge on any atom is -0.468 e.